The van der Waals surface area contributed by atoms with Crippen molar-refractivity contribution in [3.63, 3.8) is 0 Å². The van der Waals surface area contributed by atoms with Crippen molar-refractivity contribution in [2.75, 3.05) is 6.61 Å². The molecule has 0 bridgehead atoms. The highest BCUT2D eigenvalue weighted by atomic mass is 16.5. The number of phenols is 1. The lowest BCUT2D eigenvalue weighted by Crippen LogP contribution is -2.18. The highest BCUT2D eigenvalue weighted by Gasteiger charge is 2.07. The average molecular weight is 335 g/mol. The summed E-state index contributed by atoms with van der Waals surface area (Å²) in [5.41, 5.74) is 4.17. The second-order valence-corrected chi connectivity index (χ2v) is 5.25. The minimum Gasteiger partial charge on any atom is -0.504 e. The van der Waals surface area contributed by atoms with Gasteiger partial charge in [0.05, 0.1) is 18.3 Å². The molecule has 0 aliphatic rings. The number of carbonyl (C=O) groups excluding carboxylic acids is 1. The number of fused-ring (bicyclic) bond motifs is 1. The molecular weight excluding hydrogens is 318 g/mol. The first-order valence-corrected chi connectivity index (χ1v) is 7.82. The lowest BCUT2D eigenvalue weighted by atomic mass is 10.2. The van der Waals surface area contributed by atoms with Crippen LogP contribution < -0.4 is 10.2 Å². The molecule has 1 heterocycles. The van der Waals surface area contributed by atoms with Crippen molar-refractivity contribution in [2.45, 2.75) is 6.92 Å². The molecule has 3 aromatic rings. The molecule has 0 unspecified atom stereocenters. The number of ether oxygens (including phenoxy) is 1. The molecular formula is C19H17N3O3. The molecule has 3 rings (SSSR count). The standard InChI is InChI=1S/C19H17N3O3/c1-2-25-18-11-13(7-10-17(18)23)12-20-22-19(24)16-9-8-14-5-3-4-6-15(14)21-16/h3-12,23H,2H2,1H3,(H,22,24)/b20-12+. The molecule has 6 nitrogen and oxygen atoms in total. The zero-order valence-electron chi connectivity index (χ0n) is 13.6. The molecule has 0 aliphatic heterocycles. The molecule has 0 fully saturated rings. The zero-order chi connectivity index (χ0) is 17.6. The summed E-state index contributed by atoms with van der Waals surface area (Å²) in [4.78, 5) is 16.5. The van der Waals surface area contributed by atoms with Gasteiger partial charge in [-0.1, -0.05) is 24.3 Å². The molecule has 0 radical (unpaired) electrons. The number of hydrogen-bond donors (Lipinski definition) is 2. The van der Waals surface area contributed by atoms with Gasteiger partial charge in [-0.05, 0) is 42.8 Å². The third-order valence-electron chi connectivity index (χ3n) is 3.49. The van der Waals surface area contributed by atoms with E-state index in [1.165, 1.54) is 12.3 Å². The summed E-state index contributed by atoms with van der Waals surface area (Å²) in [5.74, 6) is 0.0307. The van der Waals surface area contributed by atoms with Crippen molar-refractivity contribution in [2.24, 2.45) is 5.10 Å². The van der Waals surface area contributed by atoms with E-state index >= 15 is 0 Å². The van der Waals surface area contributed by atoms with Gasteiger partial charge >= 0.3 is 0 Å². The number of benzene rings is 2. The average Bonchev–Trinajstić information content (AvgIpc) is 2.64. The first-order chi connectivity index (χ1) is 12.2. The first kappa shape index (κ1) is 16.4. The molecule has 2 aromatic carbocycles. The molecule has 0 saturated heterocycles. The maximum atomic E-state index is 12.2. The van der Waals surface area contributed by atoms with Gasteiger partial charge in [0.2, 0.25) is 0 Å². The van der Waals surface area contributed by atoms with Crippen molar-refractivity contribution in [1.82, 2.24) is 10.4 Å². The molecule has 1 aromatic heterocycles. The van der Waals surface area contributed by atoms with Gasteiger partial charge < -0.3 is 9.84 Å². The van der Waals surface area contributed by atoms with Crippen molar-refractivity contribution in [1.29, 1.82) is 0 Å². The number of aromatic hydroxyl groups is 1. The van der Waals surface area contributed by atoms with E-state index in [0.29, 0.717) is 17.9 Å². The van der Waals surface area contributed by atoms with E-state index in [1.54, 1.807) is 18.2 Å². The molecule has 1 amide bonds. The number of hydrazone groups is 1. The Morgan fingerprint density at radius 1 is 1.24 bits per heavy atom. The highest BCUT2D eigenvalue weighted by Crippen LogP contribution is 2.26. The highest BCUT2D eigenvalue weighted by molar-refractivity contribution is 5.95. The van der Waals surface area contributed by atoms with E-state index in [4.69, 9.17) is 4.74 Å². The van der Waals surface area contributed by atoms with Gasteiger partial charge in [-0.25, -0.2) is 10.4 Å². The molecule has 0 spiro atoms. The van der Waals surface area contributed by atoms with Crippen molar-refractivity contribution >= 4 is 23.0 Å². The Morgan fingerprint density at radius 3 is 2.92 bits per heavy atom. The monoisotopic (exact) mass is 335 g/mol. The Balaban J connectivity index is 1.70. The van der Waals surface area contributed by atoms with Crippen LogP contribution in [0.1, 0.15) is 23.0 Å². The third-order valence-corrected chi connectivity index (χ3v) is 3.49. The van der Waals surface area contributed by atoms with Gasteiger partial charge in [0.1, 0.15) is 5.69 Å². The zero-order valence-corrected chi connectivity index (χ0v) is 13.6. The molecule has 0 saturated carbocycles. The molecule has 25 heavy (non-hydrogen) atoms. The largest absolute Gasteiger partial charge is 0.504 e. The van der Waals surface area contributed by atoms with Crippen LogP contribution in [0, 0.1) is 0 Å². The van der Waals surface area contributed by atoms with Crippen LogP contribution >= 0.6 is 0 Å². The fourth-order valence-electron chi connectivity index (χ4n) is 2.30. The summed E-state index contributed by atoms with van der Waals surface area (Å²) in [6, 6.07) is 15.9. The number of amides is 1. The molecule has 0 aliphatic carbocycles. The van der Waals surface area contributed by atoms with Crippen LogP contribution in [0.2, 0.25) is 0 Å². The predicted molar refractivity (Wildman–Crippen MR) is 96.1 cm³/mol. The molecule has 2 N–H and O–H groups in total. The fourth-order valence-corrected chi connectivity index (χ4v) is 2.30. The van der Waals surface area contributed by atoms with Crippen LogP contribution in [0.25, 0.3) is 10.9 Å². The summed E-state index contributed by atoms with van der Waals surface area (Å²) in [6.07, 6.45) is 1.47. The van der Waals surface area contributed by atoms with E-state index in [-0.39, 0.29) is 11.4 Å². The Labute approximate surface area is 144 Å². The Hall–Kier alpha value is -3.41. The molecule has 126 valence electrons. The van der Waals surface area contributed by atoms with E-state index in [0.717, 1.165) is 10.9 Å². The van der Waals surface area contributed by atoms with Crippen LogP contribution in [0.15, 0.2) is 59.7 Å². The number of nitrogens with one attached hydrogen (secondary N) is 1. The summed E-state index contributed by atoms with van der Waals surface area (Å²) in [7, 11) is 0. The first-order valence-electron chi connectivity index (χ1n) is 7.82. The van der Waals surface area contributed by atoms with Crippen molar-refractivity contribution < 1.29 is 14.6 Å². The molecule has 0 atom stereocenters. The van der Waals surface area contributed by atoms with Crippen molar-refractivity contribution in [3.05, 3.63) is 65.9 Å². The number of carbonyl (C=O) groups is 1. The number of rotatable bonds is 5. The van der Waals surface area contributed by atoms with E-state index in [1.807, 2.05) is 37.3 Å². The fraction of sp³-hybridized carbons (Fsp3) is 0.105. The van der Waals surface area contributed by atoms with Gasteiger partial charge in [0.15, 0.2) is 11.5 Å². The summed E-state index contributed by atoms with van der Waals surface area (Å²) in [6.45, 7) is 2.27. The topological polar surface area (TPSA) is 83.8 Å². The smallest absolute Gasteiger partial charge is 0.289 e. The normalized spacial score (nSPS) is 10.9. The summed E-state index contributed by atoms with van der Waals surface area (Å²) < 4.78 is 5.31. The van der Waals surface area contributed by atoms with E-state index in [2.05, 4.69) is 15.5 Å². The van der Waals surface area contributed by atoms with E-state index < -0.39 is 5.91 Å². The Bertz CT molecular complexity index is 938. The Kier molecular flexibility index (Phi) is 4.89. The number of aromatic nitrogens is 1. The number of nitrogens with zero attached hydrogens (tertiary/aromatic N) is 2. The molecule has 6 heteroatoms. The Morgan fingerprint density at radius 2 is 2.08 bits per heavy atom. The number of phenolic OH excluding ortho intramolecular Hbond substituents is 1. The van der Waals surface area contributed by atoms with Gasteiger partial charge in [-0.3, -0.25) is 4.79 Å². The second kappa shape index (κ2) is 7.44. The number of para-hydroxylation sites is 1. The second-order valence-electron chi connectivity index (χ2n) is 5.25. The van der Waals surface area contributed by atoms with Crippen LogP contribution in [0.5, 0.6) is 11.5 Å². The van der Waals surface area contributed by atoms with Gasteiger partial charge in [0.25, 0.3) is 5.91 Å². The van der Waals surface area contributed by atoms with E-state index in [9.17, 15) is 9.90 Å². The van der Waals surface area contributed by atoms with Crippen LogP contribution in [0.3, 0.4) is 0 Å². The minimum atomic E-state index is -0.397. The number of hydrogen-bond acceptors (Lipinski definition) is 5. The van der Waals surface area contributed by atoms with Gasteiger partial charge in [0, 0.05) is 5.39 Å². The lowest BCUT2D eigenvalue weighted by Gasteiger charge is -2.06. The predicted octanol–water partition coefficient (Wildman–Crippen LogP) is 3.10. The van der Waals surface area contributed by atoms with Crippen LogP contribution in [-0.4, -0.2) is 28.8 Å². The minimum absolute atomic E-state index is 0.0587. The van der Waals surface area contributed by atoms with Gasteiger partial charge in [-0.2, -0.15) is 5.10 Å². The SMILES string of the molecule is CCOc1cc(/C=N/NC(=O)c2ccc3ccccc3n2)ccc1O. The van der Waals surface area contributed by atoms with Crippen LogP contribution in [0.4, 0.5) is 0 Å². The van der Waals surface area contributed by atoms with Crippen LogP contribution in [-0.2, 0) is 0 Å². The maximum Gasteiger partial charge on any atom is 0.289 e. The van der Waals surface area contributed by atoms with Crippen molar-refractivity contribution in [3.8, 4) is 11.5 Å². The number of pyridine rings is 1. The quantitative estimate of drug-likeness (QED) is 0.554. The maximum absolute atomic E-state index is 12.2. The summed E-state index contributed by atoms with van der Waals surface area (Å²) >= 11 is 0. The summed E-state index contributed by atoms with van der Waals surface area (Å²) in [5, 5.41) is 14.6. The third kappa shape index (κ3) is 3.92. The van der Waals surface area contributed by atoms with Gasteiger partial charge in [-0.15, -0.1) is 0 Å². The lowest BCUT2D eigenvalue weighted by molar-refractivity contribution is 0.0950.